The van der Waals surface area contributed by atoms with Gasteiger partial charge in [-0.15, -0.1) is 0 Å². The second-order valence-electron chi connectivity index (χ2n) is 5.56. The Morgan fingerprint density at radius 2 is 1.59 bits per heavy atom. The lowest BCUT2D eigenvalue weighted by Crippen LogP contribution is -2.28. The van der Waals surface area contributed by atoms with Gasteiger partial charge in [0.15, 0.2) is 5.78 Å². The molecule has 0 atom stereocenters. The summed E-state index contributed by atoms with van der Waals surface area (Å²) in [5.74, 6) is 0.137. The maximum atomic E-state index is 12.5. The molecule has 2 aromatic carbocycles. The van der Waals surface area contributed by atoms with Crippen molar-refractivity contribution in [2.45, 2.75) is 13.8 Å². The van der Waals surface area contributed by atoms with E-state index in [0.717, 1.165) is 54.1 Å². The minimum atomic E-state index is 0.137. The van der Waals surface area contributed by atoms with E-state index in [1.165, 1.54) is 0 Å². The van der Waals surface area contributed by atoms with Crippen LogP contribution in [0.1, 0.15) is 29.8 Å². The summed E-state index contributed by atoms with van der Waals surface area (Å²) in [4.78, 5) is 14.9. The Bertz CT molecular complexity index is 690. The largest absolute Gasteiger partial charge is 0.383 e. The lowest BCUT2D eigenvalue weighted by atomic mass is 10.0. The number of benzene rings is 2. The Morgan fingerprint density at radius 3 is 2.32 bits per heavy atom. The highest BCUT2D eigenvalue weighted by molar-refractivity contribution is 6.23. The molecule has 0 heterocycles. The highest BCUT2D eigenvalue weighted by Gasteiger charge is 2.28. The van der Waals surface area contributed by atoms with E-state index < -0.39 is 0 Å². The van der Waals surface area contributed by atoms with Crippen LogP contribution in [-0.4, -0.2) is 36.9 Å². The van der Waals surface area contributed by atoms with E-state index in [1.807, 2.05) is 36.4 Å². The molecule has 0 radical (unpaired) electrons. The fraction of sp³-hybridized carbons (Fsp3) is 0.316. The molecule has 0 fully saturated rings. The van der Waals surface area contributed by atoms with E-state index >= 15 is 0 Å². The molecule has 22 heavy (non-hydrogen) atoms. The highest BCUT2D eigenvalue weighted by Crippen LogP contribution is 2.41. The van der Waals surface area contributed by atoms with E-state index in [-0.39, 0.29) is 5.78 Å². The van der Waals surface area contributed by atoms with E-state index in [4.69, 9.17) is 0 Å². The van der Waals surface area contributed by atoms with Crippen LogP contribution in [0.25, 0.3) is 11.1 Å². The Balaban J connectivity index is 1.86. The fourth-order valence-electron chi connectivity index (χ4n) is 3.11. The van der Waals surface area contributed by atoms with Gasteiger partial charge in [0.05, 0.1) is 0 Å². The zero-order valence-corrected chi connectivity index (χ0v) is 13.2. The number of rotatable bonds is 6. The van der Waals surface area contributed by atoms with Gasteiger partial charge < -0.3 is 10.2 Å². The average molecular weight is 294 g/mol. The Labute approximate surface area is 132 Å². The van der Waals surface area contributed by atoms with Crippen LogP contribution in [0.5, 0.6) is 0 Å². The summed E-state index contributed by atoms with van der Waals surface area (Å²) in [5, 5.41) is 3.51. The Morgan fingerprint density at radius 1 is 0.909 bits per heavy atom. The Hall–Kier alpha value is -2.13. The van der Waals surface area contributed by atoms with Gasteiger partial charge in [-0.25, -0.2) is 0 Å². The third-order valence-corrected chi connectivity index (χ3v) is 4.39. The number of fused-ring (bicyclic) bond motifs is 3. The second-order valence-corrected chi connectivity index (χ2v) is 5.56. The number of carbonyl (C=O) groups is 1. The van der Waals surface area contributed by atoms with Crippen molar-refractivity contribution in [2.75, 3.05) is 31.5 Å². The summed E-state index contributed by atoms with van der Waals surface area (Å²) in [6.07, 6.45) is 0. The average Bonchev–Trinajstić information content (AvgIpc) is 2.86. The van der Waals surface area contributed by atoms with Crippen molar-refractivity contribution in [3.63, 3.8) is 0 Å². The molecule has 0 unspecified atom stereocenters. The molecular weight excluding hydrogens is 272 g/mol. The molecule has 0 aliphatic heterocycles. The first-order valence-electron chi connectivity index (χ1n) is 7.99. The molecule has 114 valence electrons. The molecule has 2 aromatic rings. The van der Waals surface area contributed by atoms with Crippen molar-refractivity contribution in [2.24, 2.45) is 0 Å². The molecule has 1 aliphatic carbocycles. The number of hydrogen-bond donors (Lipinski definition) is 1. The molecular formula is C19H22N2O. The minimum absolute atomic E-state index is 0.137. The van der Waals surface area contributed by atoms with Crippen molar-refractivity contribution in [1.29, 1.82) is 0 Å². The molecule has 0 spiro atoms. The fourth-order valence-corrected chi connectivity index (χ4v) is 3.11. The smallest absolute Gasteiger partial charge is 0.194 e. The van der Waals surface area contributed by atoms with Crippen LogP contribution in [0, 0.1) is 0 Å². The van der Waals surface area contributed by atoms with Gasteiger partial charge in [0, 0.05) is 35.5 Å². The predicted molar refractivity (Wildman–Crippen MR) is 91.6 cm³/mol. The number of nitrogens with one attached hydrogen (secondary N) is 1. The summed E-state index contributed by atoms with van der Waals surface area (Å²) in [7, 11) is 0. The molecule has 1 N–H and O–H groups in total. The van der Waals surface area contributed by atoms with Gasteiger partial charge in [-0.1, -0.05) is 50.2 Å². The van der Waals surface area contributed by atoms with Gasteiger partial charge in [-0.05, 0) is 24.7 Å². The molecule has 3 nitrogen and oxygen atoms in total. The van der Waals surface area contributed by atoms with Crippen LogP contribution in [0.2, 0.25) is 0 Å². The van der Waals surface area contributed by atoms with Crippen LogP contribution in [0.4, 0.5) is 5.69 Å². The monoisotopic (exact) mass is 294 g/mol. The number of likely N-dealkylation sites (N-methyl/N-ethyl adjacent to an activating group) is 1. The van der Waals surface area contributed by atoms with Crippen molar-refractivity contribution in [1.82, 2.24) is 4.90 Å². The summed E-state index contributed by atoms with van der Waals surface area (Å²) >= 11 is 0. The minimum Gasteiger partial charge on any atom is -0.383 e. The van der Waals surface area contributed by atoms with E-state index in [2.05, 4.69) is 30.1 Å². The van der Waals surface area contributed by atoms with Crippen LogP contribution in [0.15, 0.2) is 42.5 Å². The standard InChI is InChI=1S/C19H22N2O/c1-3-21(4-2)13-12-20-17-11-7-10-16-18(17)14-8-5-6-9-15(14)19(16)22/h5-11,20H,3-4,12-13H2,1-2H3. The quantitative estimate of drug-likeness (QED) is 0.753. The molecule has 0 aromatic heterocycles. The lowest BCUT2D eigenvalue weighted by Gasteiger charge is -2.19. The summed E-state index contributed by atoms with van der Waals surface area (Å²) in [6, 6.07) is 13.8. The maximum Gasteiger partial charge on any atom is 0.194 e. The van der Waals surface area contributed by atoms with Crippen molar-refractivity contribution < 1.29 is 4.79 Å². The number of hydrogen-bond acceptors (Lipinski definition) is 3. The van der Waals surface area contributed by atoms with Gasteiger partial charge in [0.2, 0.25) is 0 Å². The molecule has 1 aliphatic rings. The first kappa shape index (κ1) is 14.8. The van der Waals surface area contributed by atoms with E-state index in [0.29, 0.717) is 0 Å². The van der Waals surface area contributed by atoms with Gasteiger partial charge in [0.25, 0.3) is 0 Å². The van der Waals surface area contributed by atoms with Crippen LogP contribution < -0.4 is 5.32 Å². The van der Waals surface area contributed by atoms with Gasteiger partial charge >= 0.3 is 0 Å². The summed E-state index contributed by atoms with van der Waals surface area (Å²) in [6.45, 7) is 8.37. The topological polar surface area (TPSA) is 32.3 Å². The summed E-state index contributed by atoms with van der Waals surface area (Å²) in [5.41, 5.74) is 4.79. The van der Waals surface area contributed by atoms with E-state index in [9.17, 15) is 4.79 Å². The van der Waals surface area contributed by atoms with Crippen molar-refractivity contribution >= 4 is 11.5 Å². The summed E-state index contributed by atoms with van der Waals surface area (Å²) < 4.78 is 0. The van der Waals surface area contributed by atoms with Crippen molar-refractivity contribution in [3.8, 4) is 11.1 Å². The highest BCUT2D eigenvalue weighted by atomic mass is 16.1. The van der Waals surface area contributed by atoms with Gasteiger partial charge in [-0.2, -0.15) is 0 Å². The SMILES string of the molecule is CCN(CC)CCNc1cccc2c1-c1ccccc1C2=O. The zero-order valence-electron chi connectivity index (χ0n) is 13.2. The number of anilines is 1. The number of ketones is 1. The Kier molecular flexibility index (Phi) is 4.25. The first-order valence-corrected chi connectivity index (χ1v) is 7.99. The second kappa shape index (κ2) is 6.32. The first-order chi connectivity index (χ1) is 10.8. The van der Waals surface area contributed by atoms with E-state index in [1.54, 1.807) is 0 Å². The number of nitrogens with zero attached hydrogens (tertiary/aromatic N) is 1. The van der Waals surface area contributed by atoms with Crippen LogP contribution in [0.3, 0.4) is 0 Å². The molecule has 0 amide bonds. The zero-order chi connectivity index (χ0) is 15.5. The third kappa shape index (κ3) is 2.53. The third-order valence-electron chi connectivity index (χ3n) is 4.39. The van der Waals surface area contributed by atoms with Crippen LogP contribution >= 0.6 is 0 Å². The number of carbonyl (C=O) groups excluding carboxylic acids is 1. The van der Waals surface area contributed by atoms with Crippen molar-refractivity contribution in [3.05, 3.63) is 53.6 Å². The molecule has 3 rings (SSSR count). The maximum absolute atomic E-state index is 12.5. The molecule has 0 saturated carbocycles. The molecule has 0 bridgehead atoms. The lowest BCUT2D eigenvalue weighted by molar-refractivity contribution is 0.104. The predicted octanol–water partition coefficient (Wildman–Crippen LogP) is 3.65. The normalized spacial score (nSPS) is 12.4. The molecule has 3 heteroatoms. The van der Waals surface area contributed by atoms with Gasteiger partial charge in [-0.3, -0.25) is 4.79 Å². The molecule has 0 saturated heterocycles. The van der Waals surface area contributed by atoms with Crippen LogP contribution in [-0.2, 0) is 0 Å². The van der Waals surface area contributed by atoms with Gasteiger partial charge in [0.1, 0.15) is 0 Å².